The van der Waals surface area contributed by atoms with Crippen molar-refractivity contribution in [3.8, 4) is 0 Å². The van der Waals surface area contributed by atoms with Gasteiger partial charge in [-0.2, -0.15) is 5.10 Å². The molecule has 0 aliphatic rings. The van der Waals surface area contributed by atoms with Crippen molar-refractivity contribution in [2.75, 3.05) is 7.05 Å². The summed E-state index contributed by atoms with van der Waals surface area (Å²) in [4.78, 5) is 0. The summed E-state index contributed by atoms with van der Waals surface area (Å²) in [6, 6.07) is 0.519. The fraction of sp³-hybridized carbons (Fsp3) is 0.727. The Morgan fingerprint density at radius 1 is 1.60 bits per heavy atom. The van der Waals surface area contributed by atoms with Crippen LogP contribution in [0.4, 0.5) is 0 Å². The van der Waals surface area contributed by atoms with Gasteiger partial charge in [0, 0.05) is 12.6 Å². The zero-order chi connectivity index (χ0) is 11.3. The van der Waals surface area contributed by atoms with Crippen LogP contribution in [-0.2, 0) is 13.0 Å². The van der Waals surface area contributed by atoms with Crippen LogP contribution in [0.3, 0.4) is 0 Å². The maximum atomic E-state index is 6.10. The maximum absolute atomic E-state index is 6.10. The van der Waals surface area contributed by atoms with Crippen LogP contribution in [0.15, 0.2) is 6.20 Å². The summed E-state index contributed by atoms with van der Waals surface area (Å²) in [5.41, 5.74) is 1.17. The highest BCUT2D eigenvalue weighted by Crippen LogP contribution is 2.17. The molecule has 1 aromatic rings. The van der Waals surface area contributed by atoms with Crippen molar-refractivity contribution < 1.29 is 0 Å². The van der Waals surface area contributed by atoms with Crippen molar-refractivity contribution in [2.24, 2.45) is 0 Å². The minimum atomic E-state index is 0.519. The van der Waals surface area contributed by atoms with Crippen LogP contribution >= 0.6 is 11.6 Å². The topological polar surface area (TPSA) is 29.9 Å². The minimum absolute atomic E-state index is 0.519. The number of hydrogen-bond acceptors (Lipinski definition) is 2. The van der Waals surface area contributed by atoms with Gasteiger partial charge in [0.2, 0.25) is 0 Å². The van der Waals surface area contributed by atoms with E-state index in [-0.39, 0.29) is 0 Å². The molecule has 1 heterocycles. The molecule has 0 amide bonds. The molecule has 15 heavy (non-hydrogen) atoms. The van der Waals surface area contributed by atoms with Crippen LogP contribution in [0, 0.1) is 0 Å². The van der Waals surface area contributed by atoms with Crippen LogP contribution < -0.4 is 5.32 Å². The third-order valence-electron chi connectivity index (χ3n) is 2.64. The lowest BCUT2D eigenvalue weighted by molar-refractivity contribution is 0.526. The molecule has 0 saturated carbocycles. The average Bonchev–Trinajstić information content (AvgIpc) is 2.57. The smallest absolute Gasteiger partial charge is 0.0817 e. The number of aryl methyl sites for hydroxylation is 1. The summed E-state index contributed by atoms with van der Waals surface area (Å²) in [6.07, 6.45) is 4.91. The zero-order valence-electron chi connectivity index (χ0n) is 9.76. The fourth-order valence-electron chi connectivity index (χ4n) is 1.54. The van der Waals surface area contributed by atoms with Gasteiger partial charge < -0.3 is 5.32 Å². The second-order valence-electron chi connectivity index (χ2n) is 3.89. The van der Waals surface area contributed by atoms with Gasteiger partial charge in [0.05, 0.1) is 16.9 Å². The van der Waals surface area contributed by atoms with Crippen molar-refractivity contribution in [2.45, 2.75) is 45.7 Å². The van der Waals surface area contributed by atoms with E-state index in [4.69, 9.17) is 11.6 Å². The molecule has 4 heteroatoms. The molecule has 0 fully saturated rings. The Morgan fingerprint density at radius 2 is 2.33 bits per heavy atom. The largest absolute Gasteiger partial charge is 0.317 e. The van der Waals surface area contributed by atoms with E-state index < -0.39 is 0 Å². The molecule has 1 unspecified atom stereocenters. The number of nitrogens with one attached hydrogen (secondary N) is 1. The lowest BCUT2D eigenvalue weighted by Crippen LogP contribution is -2.22. The van der Waals surface area contributed by atoms with E-state index in [1.165, 1.54) is 5.69 Å². The molecule has 0 saturated heterocycles. The minimum Gasteiger partial charge on any atom is -0.317 e. The van der Waals surface area contributed by atoms with Gasteiger partial charge >= 0.3 is 0 Å². The van der Waals surface area contributed by atoms with Crippen molar-refractivity contribution >= 4 is 11.6 Å². The van der Waals surface area contributed by atoms with Crippen molar-refractivity contribution in [1.29, 1.82) is 0 Å². The summed E-state index contributed by atoms with van der Waals surface area (Å²) < 4.78 is 2.02. The van der Waals surface area contributed by atoms with Gasteiger partial charge in [-0.1, -0.05) is 18.5 Å². The van der Waals surface area contributed by atoms with Crippen LogP contribution in [0.5, 0.6) is 0 Å². The van der Waals surface area contributed by atoms with Crippen molar-refractivity contribution in [1.82, 2.24) is 15.1 Å². The van der Waals surface area contributed by atoms with E-state index in [0.717, 1.165) is 30.8 Å². The van der Waals surface area contributed by atoms with E-state index in [9.17, 15) is 0 Å². The molecule has 0 radical (unpaired) electrons. The second kappa shape index (κ2) is 6.13. The molecule has 0 aliphatic carbocycles. The van der Waals surface area contributed by atoms with Gasteiger partial charge in [0.15, 0.2) is 0 Å². The molecule has 1 N–H and O–H groups in total. The van der Waals surface area contributed by atoms with E-state index >= 15 is 0 Å². The summed E-state index contributed by atoms with van der Waals surface area (Å²) in [6.45, 7) is 5.28. The molecule has 1 rings (SSSR count). The predicted octanol–water partition coefficient (Wildman–Crippen LogP) is 2.49. The maximum Gasteiger partial charge on any atom is 0.0817 e. The van der Waals surface area contributed by atoms with Crippen molar-refractivity contribution in [3.05, 3.63) is 16.9 Å². The molecule has 86 valence electrons. The van der Waals surface area contributed by atoms with Gasteiger partial charge in [0.25, 0.3) is 0 Å². The predicted molar refractivity (Wildman–Crippen MR) is 64.4 cm³/mol. The molecule has 1 aromatic heterocycles. The zero-order valence-corrected chi connectivity index (χ0v) is 10.5. The first-order valence-corrected chi connectivity index (χ1v) is 5.94. The first-order valence-electron chi connectivity index (χ1n) is 5.56. The number of aromatic nitrogens is 2. The van der Waals surface area contributed by atoms with Crippen LogP contribution in [-0.4, -0.2) is 22.9 Å². The number of halogens is 1. The van der Waals surface area contributed by atoms with Crippen LogP contribution in [0.1, 0.15) is 32.4 Å². The Morgan fingerprint density at radius 3 is 2.93 bits per heavy atom. The fourth-order valence-corrected chi connectivity index (χ4v) is 1.77. The molecule has 3 nitrogen and oxygen atoms in total. The van der Waals surface area contributed by atoms with E-state index in [2.05, 4.69) is 24.3 Å². The monoisotopic (exact) mass is 229 g/mol. The van der Waals surface area contributed by atoms with Gasteiger partial charge in [-0.3, -0.25) is 4.68 Å². The highest BCUT2D eigenvalue weighted by molar-refractivity contribution is 6.31. The van der Waals surface area contributed by atoms with Crippen LogP contribution in [0.2, 0.25) is 5.02 Å². The second-order valence-corrected chi connectivity index (χ2v) is 4.30. The molecular weight excluding hydrogens is 210 g/mol. The Labute approximate surface area is 96.8 Å². The standard InChI is InChI=1S/C11H20ClN3/c1-4-7-15-11(10(12)8-14-15)6-5-9(2)13-3/h8-9,13H,4-7H2,1-3H3. The molecule has 0 aromatic carbocycles. The number of nitrogens with zero attached hydrogens (tertiary/aromatic N) is 2. The number of hydrogen-bond donors (Lipinski definition) is 1. The van der Waals surface area contributed by atoms with Gasteiger partial charge in [-0.05, 0) is 33.2 Å². The summed E-state index contributed by atoms with van der Waals surface area (Å²) in [7, 11) is 1.98. The Bertz CT molecular complexity index is 296. The first-order chi connectivity index (χ1) is 7.19. The lowest BCUT2D eigenvalue weighted by Gasteiger charge is -2.11. The third-order valence-corrected chi connectivity index (χ3v) is 2.96. The highest BCUT2D eigenvalue weighted by atomic mass is 35.5. The molecule has 1 atom stereocenters. The summed E-state index contributed by atoms with van der Waals surface area (Å²) in [5, 5.41) is 8.30. The van der Waals surface area contributed by atoms with Gasteiger partial charge in [-0.15, -0.1) is 0 Å². The Kier molecular flexibility index (Phi) is 5.12. The SMILES string of the molecule is CCCn1ncc(Cl)c1CCC(C)NC. The highest BCUT2D eigenvalue weighted by Gasteiger charge is 2.09. The molecule has 0 bridgehead atoms. The average molecular weight is 230 g/mol. The summed E-state index contributed by atoms with van der Waals surface area (Å²) in [5.74, 6) is 0. The van der Waals surface area contributed by atoms with Crippen LogP contribution in [0.25, 0.3) is 0 Å². The van der Waals surface area contributed by atoms with Crippen molar-refractivity contribution in [3.63, 3.8) is 0 Å². The van der Waals surface area contributed by atoms with E-state index in [1.54, 1.807) is 6.20 Å². The summed E-state index contributed by atoms with van der Waals surface area (Å²) >= 11 is 6.10. The number of rotatable bonds is 6. The first kappa shape index (κ1) is 12.5. The van der Waals surface area contributed by atoms with E-state index in [1.807, 2.05) is 11.7 Å². The normalized spacial score (nSPS) is 13.1. The molecular formula is C11H20ClN3. The van der Waals surface area contributed by atoms with E-state index in [0.29, 0.717) is 6.04 Å². The Balaban J connectivity index is 2.61. The molecule has 0 spiro atoms. The quantitative estimate of drug-likeness (QED) is 0.813. The molecule has 0 aliphatic heterocycles. The Hall–Kier alpha value is -0.540. The van der Waals surface area contributed by atoms with Gasteiger partial charge in [-0.25, -0.2) is 0 Å². The lowest BCUT2D eigenvalue weighted by atomic mass is 10.1. The van der Waals surface area contributed by atoms with Gasteiger partial charge in [0.1, 0.15) is 0 Å². The third kappa shape index (κ3) is 3.50.